The zero-order chi connectivity index (χ0) is 18.8. The minimum absolute atomic E-state index is 0.0467. The molecule has 0 fully saturated rings. The van der Waals surface area contributed by atoms with Crippen molar-refractivity contribution in [2.24, 2.45) is 0 Å². The van der Waals surface area contributed by atoms with E-state index in [1.54, 1.807) is 0 Å². The zero-order valence-corrected chi connectivity index (χ0v) is 16.8. The van der Waals surface area contributed by atoms with Gasteiger partial charge in [0.15, 0.2) is 5.78 Å². The fraction of sp³-hybridized carbons (Fsp3) is 0.0870. The molecule has 4 heteroatoms. The molecule has 0 bridgehead atoms. The summed E-state index contributed by atoms with van der Waals surface area (Å²) in [6, 6.07) is 23.5. The number of rotatable bonds is 5. The van der Waals surface area contributed by atoms with E-state index in [9.17, 15) is 4.79 Å². The number of carbonyl (C=O) groups excluding carboxylic acids is 1. The van der Waals surface area contributed by atoms with Crippen molar-refractivity contribution in [1.82, 2.24) is 4.98 Å². The molecule has 0 amide bonds. The highest BCUT2D eigenvalue weighted by molar-refractivity contribution is 9.10. The third-order valence-electron chi connectivity index (χ3n) is 4.82. The Hall–Kier alpha value is -2.36. The number of fused-ring (bicyclic) bond motifs is 1. The second-order valence-electron chi connectivity index (χ2n) is 6.53. The lowest BCUT2D eigenvalue weighted by Crippen LogP contribution is -2.09. The number of benzene rings is 3. The summed E-state index contributed by atoms with van der Waals surface area (Å²) >= 11 is 9.49. The highest BCUT2D eigenvalue weighted by Crippen LogP contribution is 2.35. The molecule has 0 aliphatic rings. The molecular weight excluding hydrogens is 422 g/mol. The molecule has 1 N–H and O–H groups in total. The van der Waals surface area contributed by atoms with Gasteiger partial charge in [-0.3, -0.25) is 4.79 Å². The quantitative estimate of drug-likeness (QED) is 0.335. The van der Waals surface area contributed by atoms with E-state index in [0.717, 1.165) is 32.1 Å². The molecule has 0 radical (unpaired) electrons. The first-order chi connectivity index (χ1) is 13.1. The predicted octanol–water partition coefficient (Wildman–Crippen LogP) is 6.99. The van der Waals surface area contributed by atoms with Crippen LogP contribution in [0.15, 0.2) is 83.5 Å². The summed E-state index contributed by atoms with van der Waals surface area (Å²) < 4.78 is 0.963. The lowest BCUT2D eigenvalue weighted by atomic mass is 9.85. The number of Topliss-reactive ketones (excluding diaryl/α,β-unsaturated/α-hetero) is 1. The molecule has 0 spiro atoms. The Balaban J connectivity index is 1.75. The molecule has 3 aromatic carbocycles. The minimum Gasteiger partial charge on any atom is -0.361 e. The molecule has 134 valence electrons. The largest absolute Gasteiger partial charge is 0.361 e. The Bertz CT molecular complexity index is 1080. The second-order valence-corrected chi connectivity index (χ2v) is 7.88. The van der Waals surface area contributed by atoms with Crippen LogP contribution in [-0.2, 0) is 0 Å². The maximum atomic E-state index is 13.0. The lowest BCUT2D eigenvalue weighted by molar-refractivity contribution is 0.0978. The van der Waals surface area contributed by atoms with Crippen molar-refractivity contribution >= 4 is 44.2 Å². The molecule has 0 saturated carbocycles. The van der Waals surface area contributed by atoms with Crippen molar-refractivity contribution in [2.45, 2.75) is 12.3 Å². The smallest absolute Gasteiger partial charge is 0.163 e. The number of aromatic amines is 1. The molecule has 0 saturated heterocycles. The highest BCUT2D eigenvalue weighted by atomic mass is 79.9. The summed E-state index contributed by atoms with van der Waals surface area (Å²) in [4.78, 5) is 16.3. The standard InChI is InChI=1S/C23H17BrClNO/c24-17-9-5-16(6-10-17)23(27)13-20(15-7-11-18(25)12-8-15)21-14-26-22-4-2-1-3-19(21)22/h1-12,14,20,26H,13H2. The first-order valence-electron chi connectivity index (χ1n) is 8.72. The fourth-order valence-corrected chi connectivity index (χ4v) is 3.81. The molecular formula is C23H17BrClNO. The minimum atomic E-state index is -0.0467. The molecule has 27 heavy (non-hydrogen) atoms. The number of para-hydroxylation sites is 1. The Kier molecular flexibility index (Phi) is 5.15. The van der Waals surface area contributed by atoms with Gasteiger partial charge in [0.2, 0.25) is 0 Å². The van der Waals surface area contributed by atoms with Gasteiger partial charge in [0.05, 0.1) is 0 Å². The van der Waals surface area contributed by atoms with E-state index >= 15 is 0 Å². The van der Waals surface area contributed by atoms with E-state index in [1.165, 1.54) is 0 Å². The fourth-order valence-electron chi connectivity index (χ4n) is 3.42. The van der Waals surface area contributed by atoms with Gasteiger partial charge < -0.3 is 4.98 Å². The first kappa shape index (κ1) is 18.0. The van der Waals surface area contributed by atoms with Crippen molar-refractivity contribution in [3.63, 3.8) is 0 Å². The SMILES string of the molecule is O=C(CC(c1ccc(Cl)cc1)c1c[nH]c2ccccc12)c1ccc(Br)cc1. The molecule has 4 rings (SSSR count). The Labute approximate surface area is 171 Å². The lowest BCUT2D eigenvalue weighted by Gasteiger charge is -2.17. The van der Waals surface area contributed by atoms with Gasteiger partial charge in [-0.05, 0) is 41.5 Å². The maximum absolute atomic E-state index is 13.0. The average molecular weight is 439 g/mol. The highest BCUT2D eigenvalue weighted by Gasteiger charge is 2.22. The Morgan fingerprint density at radius 3 is 2.41 bits per heavy atom. The van der Waals surface area contributed by atoms with Crippen molar-refractivity contribution in [2.75, 3.05) is 0 Å². The summed E-state index contributed by atoms with van der Waals surface area (Å²) in [7, 11) is 0. The normalized spacial score (nSPS) is 12.2. The summed E-state index contributed by atoms with van der Waals surface area (Å²) in [5.41, 5.74) is 3.99. The van der Waals surface area contributed by atoms with E-state index in [-0.39, 0.29) is 11.7 Å². The van der Waals surface area contributed by atoms with Crippen molar-refractivity contribution in [3.05, 3.63) is 105 Å². The van der Waals surface area contributed by atoms with Gasteiger partial charge in [0.1, 0.15) is 0 Å². The van der Waals surface area contributed by atoms with Crippen LogP contribution in [-0.4, -0.2) is 10.8 Å². The van der Waals surface area contributed by atoms with Crippen molar-refractivity contribution < 1.29 is 4.79 Å². The van der Waals surface area contributed by atoms with Crippen LogP contribution >= 0.6 is 27.5 Å². The molecule has 4 aromatic rings. The average Bonchev–Trinajstić information content (AvgIpc) is 3.11. The Morgan fingerprint density at radius 1 is 0.963 bits per heavy atom. The maximum Gasteiger partial charge on any atom is 0.163 e. The van der Waals surface area contributed by atoms with Gasteiger partial charge in [-0.25, -0.2) is 0 Å². The molecule has 1 heterocycles. The monoisotopic (exact) mass is 437 g/mol. The van der Waals surface area contributed by atoms with Crippen LogP contribution in [0.5, 0.6) is 0 Å². The van der Waals surface area contributed by atoms with Gasteiger partial charge in [0.25, 0.3) is 0 Å². The summed E-state index contributed by atoms with van der Waals surface area (Å²) in [5, 5.41) is 1.83. The number of H-pyrrole nitrogens is 1. The second kappa shape index (κ2) is 7.71. The van der Waals surface area contributed by atoms with Gasteiger partial charge in [-0.15, -0.1) is 0 Å². The zero-order valence-electron chi connectivity index (χ0n) is 14.5. The summed E-state index contributed by atoms with van der Waals surface area (Å²) in [6.45, 7) is 0. The van der Waals surface area contributed by atoms with Gasteiger partial charge in [0, 0.05) is 44.5 Å². The molecule has 0 aliphatic carbocycles. The molecule has 1 aromatic heterocycles. The van der Waals surface area contributed by atoms with Crippen LogP contribution < -0.4 is 0 Å². The van der Waals surface area contributed by atoms with Crippen LogP contribution in [0.2, 0.25) is 5.02 Å². The topological polar surface area (TPSA) is 32.9 Å². The number of carbonyl (C=O) groups is 1. The van der Waals surface area contributed by atoms with E-state index in [0.29, 0.717) is 11.4 Å². The number of aromatic nitrogens is 1. The van der Waals surface area contributed by atoms with Crippen LogP contribution in [0, 0.1) is 0 Å². The first-order valence-corrected chi connectivity index (χ1v) is 9.89. The summed E-state index contributed by atoms with van der Waals surface area (Å²) in [5.74, 6) is 0.0716. The Morgan fingerprint density at radius 2 is 1.67 bits per heavy atom. The van der Waals surface area contributed by atoms with Gasteiger partial charge in [-0.2, -0.15) is 0 Å². The van der Waals surface area contributed by atoms with Crippen molar-refractivity contribution in [1.29, 1.82) is 0 Å². The molecule has 1 atom stereocenters. The number of hydrogen-bond acceptors (Lipinski definition) is 1. The van der Waals surface area contributed by atoms with Gasteiger partial charge >= 0.3 is 0 Å². The number of nitrogens with one attached hydrogen (secondary N) is 1. The number of ketones is 1. The van der Waals surface area contributed by atoms with E-state index in [2.05, 4.69) is 27.0 Å². The van der Waals surface area contributed by atoms with Crippen LogP contribution in [0.3, 0.4) is 0 Å². The molecule has 2 nitrogen and oxygen atoms in total. The van der Waals surface area contributed by atoms with E-state index < -0.39 is 0 Å². The van der Waals surface area contributed by atoms with Crippen molar-refractivity contribution in [3.8, 4) is 0 Å². The predicted molar refractivity (Wildman–Crippen MR) is 115 cm³/mol. The summed E-state index contributed by atoms with van der Waals surface area (Å²) in [6.07, 6.45) is 2.41. The van der Waals surface area contributed by atoms with Gasteiger partial charge in [-0.1, -0.05) is 70.0 Å². The van der Waals surface area contributed by atoms with E-state index in [1.807, 2.05) is 72.9 Å². The van der Waals surface area contributed by atoms with Crippen LogP contribution in [0.1, 0.15) is 33.8 Å². The third kappa shape index (κ3) is 3.85. The van der Waals surface area contributed by atoms with Crippen LogP contribution in [0.25, 0.3) is 10.9 Å². The third-order valence-corrected chi connectivity index (χ3v) is 5.61. The molecule has 0 aliphatic heterocycles. The molecule has 1 unspecified atom stereocenters. The van der Waals surface area contributed by atoms with E-state index in [4.69, 9.17) is 11.6 Å². The number of halogens is 2. The van der Waals surface area contributed by atoms with Crippen LogP contribution in [0.4, 0.5) is 0 Å². The number of hydrogen-bond donors (Lipinski definition) is 1.